The van der Waals surface area contributed by atoms with Crippen molar-refractivity contribution in [3.8, 4) is 0 Å². The van der Waals surface area contributed by atoms with Crippen molar-refractivity contribution in [1.29, 1.82) is 0 Å². The Kier molecular flexibility index (Phi) is 4.82. The van der Waals surface area contributed by atoms with Gasteiger partial charge in [-0.1, -0.05) is 0 Å². The number of nitrogens with two attached hydrogens (primary N) is 2. The molecule has 0 bridgehead atoms. The summed E-state index contributed by atoms with van der Waals surface area (Å²) in [5, 5.41) is 11.1. The molecule has 0 radical (unpaired) electrons. The Morgan fingerprint density at radius 3 is 2.70 bits per heavy atom. The molecule has 0 rings (SSSR count). The fraction of sp³-hybridized carbons (Fsp3) is 0.800. The molecule has 0 unspecified atom stereocenters. The molecule has 0 aliphatic rings. The van der Waals surface area contributed by atoms with Crippen LogP contribution in [0.3, 0.4) is 0 Å². The van der Waals surface area contributed by atoms with Gasteiger partial charge in [0.25, 0.3) is 0 Å². The van der Waals surface area contributed by atoms with Crippen molar-refractivity contribution >= 4 is 5.97 Å². The van der Waals surface area contributed by atoms with Gasteiger partial charge in [-0.15, -0.1) is 0 Å². The Hall–Kier alpha value is -0.650. The largest absolute Gasteiger partial charge is 0.480 e. The van der Waals surface area contributed by atoms with Gasteiger partial charge in [0.2, 0.25) is 0 Å². The van der Waals surface area contributed by atoms with Crippen LogP contribution in [0.25, 0.3) is 0 Å². The molecular formula is C5H13N3O2. The maximum absolute atomic E-state index is 10.1. The molecule has 1 atom stereocenters. The first kappa shape index (κ1) is 9.35. The number of hydrogen-bond donors (Lipinski definition) is 4. The van der Waals surface area contributed by atoms with E-state index in [9.17, 15) is 4.79 Å². The number of rotatable bonds is 5. The van der Waals surface area contributed by atoms with Crippen molar-refractivity contribution in [2.45, 2.75) is 6.04 Å². The molecule has 5 heteroatoms. The third-order valence-electron chi connectivity index (χ3n) is 1.00. The average Bonchev–Trinajstić information content (AvgIpc) is 1.88. The Morgan fingerprint density at radius 2 is 2.30 bits per heavy atom. The molecule has 0 aromatic rings. The number of carboxylic acids is 1. The lowest BCUT2D eigenvalue weighted by molar-refractivity contribution is -0.138. The summed E-state index contributed by atoms with van der Waals surface area (Å²) >= 11 is 0. The van der Waals surface area contributed by atoms with Crippen LogP contribution in [0.4, 0.5) is 0 Å². The number of carbonyl (C=O) groups is 1. The van der Waals surface area contributed by atoms with Gasteiger partial charge in [0.05, 0.1) is 0 Å². The van der Waals surface area contributed by atoms with Gasteiger partial charge in [0.15, 0.2) is 0 Å². The van der Waals surface area contributed by atoms with Crippen molar-refractivity contribution in [2.24, 2.45) is 11.5 Å². The maximum Gasteiger partial charge on any atom is 0.321 e. The van der Waals surface area contributed by atoms with Gasteiger partial charge in [0.1, 0.15) is 6.04 Å². The maximum atomic E-state index is 10.1. The number of carboxylic acid groups (broad SMARTS) is 1. The molecule has 0 saturated heterocycles. The lowest BCUT2D eigenvalue weighted by Gasteiger charge is -2.05. The van der Waals surface area contributed by atoms with Crippen LogP contribution in [0, 0.1) is 0 Å². The van der Waals surface area contributed by atoms with E-state index in [-0.39, 0.29) is 6.54 Å². The van der Waals surface area contributed by atoms with Crippen LogP contribution in [-0.4, -0.2) is 36.8 Å². The predicted octanol–water partition coefficient (Wildman–Crippen LogP) is -2.05. The minimum Gasteiger partial charge on any atom is -0.480 e. The van der Waals surface area contributed by atoms with E-state index in [0.29, 0.717) is 13.1 Å². The van der Waals surface area contributed by atoms with Crippen molar-refractivity contribution in [2.75, 3.05) is 19.6 Å². The third-order valence-corrected chi connectivity index (χ3v) is 1.00. The second-order valence-electron chi connectivity index (χ2n) is 1.94. The number of hydrogen-bond acceptors (Lipinski definition) is 4. The van der Waals surface area contributed by atoms with Gasteiger partial charge in [-0.2, -0.15) is 0 Å². The predicted molar refractivity (Wildman–Crippen MR) is 37.5 cm³/mol. The summed E-state index contributed by atoms with van der Waals surface area (Å²) in [6, 6.07) is -0.827. The molecule has 0 heterocycles. The van der Waals surface area contributed by atoms with Gasteiger partial charge in [-0.25, -0.2) is 0 Å². The van der Waals surface area contributed by atoms with Crippen LogP contribution >= 0.6 is 0 Å². The molecule has 5 nitrogen and oxygen atoms in total. The van der Waals surface area contributed by atoms with E-state index in [1.165, 1.54) is 0 Å². The molecule has 0 amide bonds. The first-order valence-electron chi connectivity index (χ1n) is 3.07. The smallest absolute Gasteiger partial charge is 0.321 e. The minimum absolute atomic E-state index is 0.270. The zero-order chi connectivity index (χ0) is 7.98. The van der Waals surface area contributed by atoms with Crippen LogP contribution < -0.4 is 16.8 Å². The lowest BCUT2D eigenvalue weighted by atomic mass is 10.3. The highest BCUT2D eigenvalue weighted by atomic mass is 16.4. The van der Waals surface area contributed by atoms with Crippen LogP contribution in [0.5, 0.6) is 0 Å². The molecule has 0 saturated carbocycles. The zero-order valence-corrected chi connectivity index (χ0v) is 5.71. The highest BCUT2D eigenvalue weighted by Crippen LogP contribution is 1.73. The first-order chi connectivity index (χ1) is 4.68. The Balaban J connectivity index is 3.21. The molecule has 0 fully saturated rings. The summed E-state index contributed by atoms with van der Waals surface area (Å²) in [5.74, 6) is -0.996. The molecule has 0 aliphatic heterocycles. The van der Waals surface area contributed by atoms with Crippen LogP contribution in [0.2, 0.25) is 0 Å². The molecule has 60 valence electrons. The van der Waals surface area contributed by atoms with E-state index in [1.54, 1.807) is 0 Å². The van der Waals surface area contributed by atoms with Crippen molar-refractivity contribution in [3.63, 3.8) is 0 Å². The topological polar surface area (TPSA) is 101 Å². The molecule has 0 aliphatic carbocycles. The summed E-state index contributed by atoms with van der Waals surface area (Å²) in [7, 11) is 0. The van der Waals surface area contributed by atoms with Crippen molar-refractivity contribution < 1.29 is 9.90 Å². The summed E-state index contributed by atoms with van der Waals surface area (Å²) in [4.78, 5) is 10.1. The SMILES string of the molecule is NCCNC[C@H](N)C(=O)O. The normalized spacial score (nSPS) is 13.0. The quantitative estimate of drug-likeness (QED) is 0.335. The first-order valence-corrected chi connectivity index (χ1v) is 3.07. The number of nitrogens with one attached hydrogen (secondary N) is 1. The second-order valence-corrected chi connectivity index (χ2v) is 1.94. The van der Waals surface area contributed by atoms with Gasteiger partial charge >= 0.3 is 5.97 Å². The van der Waals surface area contributed by atoms with E-state index in [1.807, 2.05) is 0 Å². The van der Waals surface area contributed by atoms with E-state index < -0.39 is 12.0 Å². The second kappa shape index (κ2) is 5.16. The highest BCUT2D eigenvalue weighted by molar-refractivity contribution is 5.73. The number of aliphatic carboxylic acids is 1. The monoisotopic (exact) mass is 147 g/mol. The zero-order valence-electron chi connectivity index (χ0n) is 5.71. The van der Waals surface area contributed by atoms with E-state index in [2.05, 4.69) is 5.32 Å². The summed E-state index contributed by atoms with van der Waals surface area (Å²) in [6.07, 6.45) is 0. The van der Waals surface area contributed by atoms with Crippen molar-refractivity contribution in [3.05, 3.63) is 0 Å². The summed E-state index contributed by atoms with van der Waals surface area (Å²) < 4.78 is 0. The van der Waals surface area contributed by atoms with Gasteiger partial charge < -0.3 is 21.9 Å². The summed E-state index contributed by atoms with van der Waals surface area (Å²) in [5.41, 5.74) is 10.3. The molecule has 10 heavy (non-hydrogen) atoms. The fourth-order valence-corrected chi connectivity index (χ4v) is 0.447. The van der Waals surface area contributed by atoms with Gasteiger partial charge in [-0.05, 0) is 0 Å². The standard InChI is InChI=1S/C5H13N3O2/c6-1-2-8-3-4(7)5(9)10/h4,8H,1-3,6-7H2,(H,9,10)/t4-/m0/s1. The Bertz CT molecular complexity index is 107. The molecule has 6 N–H and O–H groups in total. The molecular weight excluding hydrogens is 134 g/mol. The highest BCUT2D eigenvalue weighted by Gasteiger charge is 2.08. The van der Waals surface area contributed by atoms with E-state index in [0.717, 1.165) is 0 Å². The fourth-order valence-electron chi connectivity index (χ4n) is 0.447. The van der Waals surface area contributed by atoms with Crippen LogP contribution in [-0.2, 0) is 4.79 Å². The van der Waals surface area contributed by atoms with Gasteiger partial charge in [-0.3, -0.25) is 4.79 Å². The third kappa shape index (κ3) is 4.25. The molecule has 0 aromatic carbocycles. The Morgan fingerprint density at radius 1 is 1.70 bits per heavy atom. The molecule has 0 aromatic heterocycles. The lowest BCUT2D eigenvalue weighted by Crippen LogP contribution is -2.41. The van der Waals surface area contributed by atoms with E-state index in [4.69, 9.17) is 16.6 Å². The van der Waals surface area contributed by atoms with Crippen molar-refractivity contribution in [1.82, 2.24) is 5.32 Å². The minimum atomic E-state index is -0.996. The average molecular weight is 147 g/mol. The molecule has 0 spiro atoms. The van der Waals surface area contributed by atoms with Gasteiger partial charge in [0, 0.05) is 19.6 Å². The van der Waals surface area contributed by atoms with Crippen LogP contribution in [0.1, 0.15) is 0 Å². The summed E-state index contributed by atoms with van der Waals surface area (Å²) in [6.45, 7) is 1.36. The van der Waals surface area contributed by atoms with Crippen LogP contribution in [0.15, 0.2) is 0 Å². The van der Waals surface area contributed by atoms with E-state index >= 15 is 0 Å². The Labute approximate surface area is 59.4 Å².